The minimum atomic E-state index is 0.663. The van der Waals surface area contributed by atoms with Crippen LogP contribution < -0.4 is 0 Å². The van der Waals surface area contributed by atoms with Crippen LogP contribution in [-0.2, 0) is 0 Å². The molecule has 3 nitrogen and oxygen atoms in total. The van der Waals surface area contributed by atoms with E-state index in [-0.39, 0.29) is 0 Å². The van der Waals surface area contributed by atoms with Gasteiger partial charge in [0.25, 0.3) is 0 Å². The number of nitrogens with zero attached hydrogens (tertiary/aromatic N) is 3. The Morgan fingerprint density at radius 2 is 0.468 bits per heavy atom. The van der Waals surface area contributed by atoms with Crippen LogP contribution in [0.3, 0.4) is 0 Å². The van der Waals surface area contributed by atoms with E-state index in [9.17, 15) is 0 Å². The molecule has 2 aromatic heterocycles. The van der Waals surface area contributed by atoms with Crippen LogP contribution in [0.1, 0.15) is 0 Å². The normalized spacial score (nSPS) is 11.3. The fourth-order valence-electron chi connectivity index (χ4n) is 11.2. The van der Waals surface area contributed by atoms with Crippen molar-refractivity contribution in [2.24, 2.45) is 0 Å². The highest BCUT2D eigenvalue weighted by Crippen LogP contribution is 2.38. The summed E-state index contributed by atoms with van der Waals surface area (Å²) >= 11 is 0. The second-order valence-corrected chi connectivity index (χ2v) is 20.2. The molecule has 0 aliphatic rings. The van der Waals surface area contributed by atoms with Gasteiger partial charge in [-0.2, -0.15) is 0 Å². The number of benzene rings is 12. The van der Waals surface area contributed by atoms with Crippen LogP contribution in [0.15, 0.2) is 309 Å². The number of hydrogen-bond donors (Lipinski definition) is 0. The predicted octanol–water partition coefficient (Wildman–Crippen LogP) is 20.2. The molecule has 0 saturated carbocycles. The summed E-state index contributed by atoms with van der Waals surface area (Å²) in [5.41, 5.74) is 24.4. The molecule has 0 fully saturated rings. The molecule has 3 heteroatoms. The van der Waals surface area contributed by atoms with Crippen LogP contribution in [0, 0.1) is 0 Å². The van der Waals surface area contributed by atoms with E-state index in [1.807, 2.05) is 0 Å². The van der Waals surface area contributed by atoms with Gasteiger partial charge in [0.05, 0.1) is 22.4 Å². The molecule has 0 bridgehead atoms. The quantitative estimate of drug-likeness (QED) is 0.129. The fourth-order valence-corrected chi connectivity index (χ4v) is 11.2. The highest BCUT2D eigenvalue weighted by molar-refractivity contribution is 6.09. The number of para-hydroxylation sites is 2. The van der Waals surface area contributed by atoms with Crippen molar-refractivity contribution in [3.63, 3.8) is 0 Å². The van der Waals surface area contributed by atoms with E-state index >= 15 is 0 Å². The Morgan fingerprint density at radius 3 is 0.873 bits per heavy atom. The highest BCUT2D eigenvalue weighted by atomic mass is 15.0. The van der Waals surface area contributed by atoms with Gasteiger partial charge in [-0.25, -0.2) is 9.97 Å². The SMILES string of the molecule is c1ccc(-c2cccc(-c3cccc(-c4cccc(-c5cccc(-c6cc(-c7cccc(-c8cccc(-c9ccccc9)c8)c7)nc(-c7ccc(-c8cccc(-n9c%10ccccc%10c%10ccccc%109)c8)cc7)n6)c5)c4)c3)c2)cc1. The Kier molecular flexibility index (Phi) is 12.2. The molecule has 0 amide bonds. The Labute approximate surface area is 460 Å². The summed E-state index contributed by atoms with van der Waals surface area (Å²) in [6, 6.07) is 111. The average Bonchev–Trinajstić information content (AvgIpc) is 4.04. The van der Waals surface area contributed by atoms with E-state index in [4.69, 9.17) is 9.97 Å². The van der Waals surface area contributed by atoms with Gasteiger partial charge in [0.1, 0.15) is 0 Å². The van der Waals surface area contributed by atoms with Crippen LogP contribution >= 0.6 is 0 Å². The van der Waals surface area contributed by atoms with Gasteiger partial charge >= 0.3 is 0 Å². The highest BCUT2D eigenvalue weighted by Gasteiger charge is 2.16. The second kappa shape index (κ2) is 20.6. The summed E-state index contributed by atoms with van der Waals surface area (Å²) in [7, 11) is 0. The molecule has 0 N–H and O–H groups in total. The first-order chi connectivity index (χ1) is 39.1. The van der Waals surface area contributed by atoms with E-state index in [1.165, 1.54) is 60.8 Å². The number of fused-ring (bicyclic) bond motifs is 3. The van der Waals surface area contributed by atoms with Gasteiger partial charge in [-0.15, -0.1) is 0 Å². The van der Waals surface area contributed by atoms with Crippen LogP contribution in [0.25, 0.3) is 139 Å². The van der Waals surface area contributed by atoms with E-state index in [2.05, 4.69) is 314 Å². The Hall–Kier alpha value is -10.5. The Morgan fingerprint density at radius 1 is 0.190 bits per heavy atom. The van der Waals surface area contributed by atoms with Crippen molar-refractivity contribution >= 4 is 21.8 Å². The summed E-state index contributed by atoms with van der Waals surface area (Å²) in [6.45, 7) is 0. The summed E-state index contributed by atoms with van der Waals surface area (Å²) in [5.74, 6) is 0.663. The van der Waals surface area contributed by atoms with Gasteiger partial charge in [-0.1, -0.05) is 243 Å². The fraction of sp³-hybridized carbons (Fsp3) is 0. The molecule has 0 unspecified atom stereocenters. The van der Waals surface area contributed by atoms with Crippen molar-refractivity contribution < 1.29 is 0 Å². The number of aromatic nitrogens is 3. The van der Waals surface area contributed by atoms with Gasteiger partial charge < -0.3 is 4.57 Å². The molecule has 0 spiro atoms. The maximum atomic E-state index is 5.38. The molecule has 0 aliphatic carbocycles. The molecule has 0 aliphatic heterocycles. The second-order valence-electron chi connectivity index (χ2n) is 20.2. The summed E-state index contributed by atoms with van der Waals surface area (Å²) < 4.78 is 2.37. The van der Waals surface area contributed by atoms with Gasteiger partial charge in [0.15, 0.2) is 5.82 Å². The van der Waals surface area contributed by atoms with Gasteiger partial charge in [0, 0.05) is 33.2 Å². The first-order valence-electron chi connectivity index (χ1n) is 26.9. The minimum Gasteiger partial charge on any atom is -0.309 e. The molecular formula is C76H51N3. The average molecular weight is 1010 g/mol. The van der Waals surface area contributed by atoms with Crippen molar-refractivity contribution in [2.75, 3.05) is 0 Å². The lowest BCUT2D eigenvalue weighted by atomic mass is 9.94. The van der Waals surface area contributed by atoms with E-state index < -0.39 is 0 Å². The molecule has 0 radical (unpaired) electrons. The van der Waals surface area contributed by atoms with E-state index in [0.29, 0.717) is 5.82 Å². The molecule has 2 heterocycles. The number of hydrogen-bond acceptors (Lipinski definition) is 2. The van der Waals surface area contributed by atoms with Gasteiger partial charge in [-0.05, 0) is 145 Å². The third-order valence-corrected chi connectivity index (χ3v) is 15.2. The van der Waals surface area contributed by atoms with Crippen LogP contribution in [0.2, 0.25) is 0 Å². The van der Waals surface area contributed by atoms with E-state index in [1.54, 1.807) is 0 Å². The molecule has 12 aromatic carbocycles. The molecule has 14 rings (SSSR count). The zero-order valence-corrected chi connectivity index (χ0v) is 43.3. The third-order valence-electron chi connectivity index (χ3n) is 15.2. The van der Waals surface area contributed by atoms with Crippen molar-refractivity contribution in [3.8, 4) is 117 Å². The Balaban J connectivity index is 0.823. The lowest BCUT2D eigenvalue weighted by Gasteiger charge is -2.13. The van der Waals surface area contributed by atoms with Crippen molar-refractivity contribution in [1.82, 2.24) is 14.5 Å². The van der Waals surface area contributed by atoms with Crippen molar-refractivity contribution in [3.05, 3.63) is 309 Å². The molecule has 370 valence electrons. The zero-order valence-electron chi connectivity index (χ0n) is 43.3. The van der Waals surface area contributed by atoms with Gasteiger partial charge in [-0.3, -0.25) is 0 Å². The van der Waals surface area contributed by atoms with Crippen molar-refractivity contribution in [1.29, 1.82) is 0 Å². The zero-order chi connectivity index (χ0) is 52.5. The van der Waals surface area contributed by atoms with E-state index in [0.717, 1.165) is 72.7 Å². The lowest BCUT2D eigenvalue weighted by molar-refractivity contribution is 1.18. The monoisotopic (exact) mass is 1010 g/mol. The largest absolute Gasteiger partial charge is 0.309 e. The third kappa shape index (κ3) is 9.41. The first-order valence-corrected chi connectivity index (χ1v) is 26.9. The molecular weight excluding hydrogens is 955 g/mol. The predicted molar refractivity (Wildman–Crippen MR) is 331 cm³/mol. The molecule has 0 saturated heterocycles. The summed E-state index contributed by atoms with van der Waals surface area (Å²) in [6.07, 6.45) is 0. The summed E-state index contributed by atoms with van der Waals surface area (Å²) in [4.78, 5) is 10.8. The minimum absolute atomic E-state index is 0.663. The van der Waals surface area contributed by atoms with Gasteiger partial charge in [0.2, 0.25) is 0 Å². The maximum absolute atomic E-state index is 5.38. The smallest absolute Gasteiger partial charge is 0.160 e. The summed E-state index contributed by atoms with van der Waals surface area (Å²) in [5, 5.41) is 2.50. The van der Waals surface area contributed by atoms with Crippen LogP contribution in [-0.4, -0.2) is 14.5 Å². The topological polar surface area (TPSA) is 30.7 Å². The lowest BCUT2D eigenvalue weighted by Crippen LogP contribution is -1.97. The van der Waals surface area contributed by atoms with Crippen molar-refractivity contribution in [2.45, 2.75) is 0 Å². The first kappa shape index (κ1) is 47.0. The standard InChI is InChI=1S/C76H51N3/c1-3-18-52(19-4-1)56-22-11-24-58(44-56)60-26-13-27-61(46-60)62-28-14-29-63(47-62)65-31-16-34-68(49-65)73-51-72(67-33-15-30-64(48-67)59-25-12-23-57(45-59)53-20-5-2-6-21-53)77-76(78-73)55-42-40-54(41-43-55)66-32-17-35-69(50-66)79-74-38-9-7-36-70(74)71-37-8-10-39-75(71)79/h1-51H. The van der Waals surface area contributed by atoms with Crippen LogP contribution in [0.5, 0.6) is 0 Å². The number of rotatable bonds is 11. The Bertz CT molecular complexity index is 4480. The molecule has 79 heavy (non-hydrogen) atoms. The van der Waals surface area contributed by atoms with Crippen LogP contribution in [0.4, 0.5) is 0 Å². The molecule has 0 atom stereocenters. The molecule has 14 aromatic rings. The maximum Gasteiger partial charge on any atom is 0.160 e.